The van der Waals surface area contributed by atoms with Gasteiger partial charge in [-0.2, -0.15) is 0 Å². The molecule has 1 aliphatic rings. The number of benzene rings is 2. The molecule has 0 spiro atoms. The van der Waals surface area contributed by atoms with Crippen molar-refractivity contribution in [3.63, 3.8) is 0 Å². The van der Waals surface area contributed by atoms with Crippen LogP contribution in [0.25, 0.3) is 10.9 Å². The van der Waals surface area contributed by atoms with E-state index in [1.54, 1.807) is 31.3 Å². The Labute approximate surface area is 239 Å². The van der Waals surface area contributed by atoms with E-state index in [0.29, 0.717) is 35.1 Å². The smallest absolute Gasteiger partial charge is 0.418 e. The van der Waals surface area contributed by atoms with Crippen LogP contribution in [0.15, 0.2) is 48.7 Å². The summed E-state index contributed by atoms with van der Waals surface area (Å²) in [5.74, 6) is -0.363. The Balaban J connectivity index is 0.000000545. The van der Waals surface area contributed by atoms with E-state index in [0.717, 1.165) is 30.2 Å². The zero-order chi connectivity index (χ0) is 29.8. The van der Waals surface area contributed by atoms with Crippen molar-refractivity contribution in [3.05, 3.63) is 70.6 Å². The summed E-state index contributed by atoms with van der Waals surface area (Å²) >= 11 is 6.43. The summed E-state index contributed by atoms with van der Waals surface area (Å²) in [6, 6.07) is 11.8. The van der Waals surface area contributed by atoms with Gasteiger partial charge in [-0.15, -0.1) is 0 Å². The lowest BCUT2D eigenvalue weighted by Crippen LogP contribution is -2.39. The number of fused-ring (bicyclic) bond motifs is 1. The largest absolute Gasteiger partial charge is 0.449 e. The predicted octanol–water partition coefficient (Wildman–Crippen LogP) is 5.83. The molecular formula is C30H37ClFN3O5. The van der Waals surface area contributed by atoms with Crippen molar-refractivity contribution in [2.45, 2.75) is 40.0 Å². The molecule has 2 aromatic carbocycles. The minimum absolute atomic E-state index is 0.101. The van der Waals surface area contributed by atoms with Gasteiger partial charge in [-0.3, -0.25) is 19.0 Å². The average Bonchev–Trinajstić information content (AvgIpc) is 3.37. The van der Waals surface area contributed by atoms with E-state index in [1.165, 1.54) is 35.7 Å². The van der Waals surface area contributed by atoms with E-state index in [4.69, 9.17) is 16.3 Å². The minimum Gasteiger partial charge on any atom is -0.449 e. The number of carbonyl (C=O) groups excluding carboxylic acids is 4. The first-order valence-electron chi connectivity index (χ1n) is 13.3. The lowest BCUT2D eigenvalue weighted by molar-refractivity contribution is -0.136. The van der Waals surface area contributed by atoms with Gasteiger partial charge in [0.2, 0.25) is 6.29 Å². The van der Waals surface area contributed by atoms with Gasteiger partial charge >= 0.3 is 6.09 Å². The fourth-order valence-electron chi connectivity index (χ4n) is 4.24. The molecule has 0 N–H and O–H groups in total. The highest BCUT2D eigenvalue weighted by Gasteiger charge is 2.26. The molecule has 3 aromatic rings. The zero-order valence-corrected chi connectivity index (χ0v) is 24.4. The van der Waals surface area contributed by atoms with Gasteiger partial charge in [0.1, 0.15) is 5.82 Å². The number of likely N-dealkylation sites (N-methyl/N-ethyl adjacent to an activating group) is 1. The highest BCUT2D eigenvalue weighted by Crippen LogP contribution is 2.29. The molecule has 0 atom stereocenters. The molecule has 1 saturated heterocycles. The van der Waals surface area contributed by atoms with Crippen LogP contribution in [-0.4, -0.2) is 72.4 Å². The lowest BCUT2D eigenvalue weighted by atomic mass is 9.90. The maximum Gasteiger partial charge on any atom is 0.418 e. The molecule has 10 heteroatoms. The van der Waals surface area contributed by atoms with Gasteiger partial charge in [-0.05, 0) is 68.0 Å². The highest BCUT2D eigenvalue weighted by atomic mass is 35.5. The fraction of sp³-hybridized carbons (Fsp3) is 0.400. The van der Waals surface area contributed by atoms with Crippen molar-refractivity contribution in [2.75, 3.05) is 33.8 Å². The Bertz CT molecular complexity index is 1300. The molecule has 0 radical (unpaired) electrons. The van der Waals surface area contributed by atoms with E-state index in [9.17, 15) is 23.6 Å². The van der Waals surface area contributed by atoms with Crippen LogP contribution in [0.2, 0.25) is 5.02 Å². The van der Waals surface area contributed by atoms with E-state index < -0.39 is 12.0 Å². The van der Waals surface area contributed by atoms with E-state index in [2.05, 4.69) is 0 Å². The minimum atomic E-state index is -0.500. The summed E-state index contributed by atoms with van der Waals surface area (Å²) in [7, 11) is 3.05. The second-order valence-corrected chi connectivity index (χ2v) is 9.60. The number of halogens is 2. The maximum absolute atomic E-state index is 13.1. The molecule has 1 aromatic heterocycles. The number of rotatable bonds is 5. The molecule has 0 saturated carbocycles. The molecule has 0 aliphatic carbocycles. The third-order valence-electron chi connectivity index (χ3n) is 6.35. The Morgan fingerprint density at radius 2 is 1.70 bits per heavy atom. The van der Waals surface area contributed by atoms with Crippen LogP contribution in [0, 0.1) is 11.7 Å². The molecule has 2 heterocycles. The SMILES string of the molecule is CC.CCOC(=O)n1ccc2cc(C(=O)N3CCC(Cc4ccc(F)cc4)CC3)c(Cl)cc21.CN(C)C(=O)C=O. The summed E-state index contributed by atoms with van der Waals surface area (Å²) in [6.07, 6.45) is 4.09. The second kappa shape index (κ2) is 15.8. The summed E-state index contributed by atoms with van der Waals surface area (Å²) in [6.45, 7) is 7.34. The predicted molar refractivity (Wildman–Crippen MR) is 154 cm³/mol. The van der Waals surface area contributed by atoms with Crippen LogP contribution in [0.4, 0.5) is 9.18 Å². The van der Waals surface area contributed by atoms with Crippen molar-refractivity contribution in [1.82, 2.24) is 14.4 Å². The van der Waals surface area contributed by atoms with Crippen LogP contribution >= 0.6 is 11.6 Å². The maximum atomic E-state index is 13.1. The number of hydrogen-bond acceptors (Lipinski definition) is 5. The first kappa shape index (κ1) is 32.5. The molecule has 0 unspecified atom stereocenters. The fourth-order valence-corrected chi connectivity index (χ4v) is 4.48. The van der Waals surface area contributed by atoms with Crippen LogP contribution < -0.4 is 0 Å². The topological polar surface area (TPSA) is 88.9 Å². The molecule has 1 fully saturated rings. The number of piperidine rings is 1. The first-order chi connectivity index (χ1) is 19.1. The third-order valence-corrected chi connectivity index (χ3v) is 6.67. The normalized spacial score (nSPS) is 12.9. The molecule has 8 nitrogen and oxygen atoms in total. The molecule has 2 amide bonds. The molecule has 216 valence electrons. The number of likely N-dealkylation sites (tertiary alicyclic amines) is 1. The third kappa shape index (κ3) is 8.64. The summed E-state index contributed by atoms with van der Waals surface area (Å²) in [5.41, 5.74) is 2.16. The van der Waals surface area contributed by atoms with Gasteiger partial charge in [0.05, 0.1) is 22.7 Å². The number of ether oxygens (including phenoxy) is 1. The summed E-state index contributed by atoms with van der Waals surface area (Å²) in [5, 5.41) is 1.07. The first-order valence-corrected chi connectivity index (χ1v) is 13.7. The van der Waals surface area contributed by atoms with Gasteiger partial charge in [-0.25, -0.2) is 9.18 Å². The van der Waals surface area contributed by atoms with Crippen molar-refractivity contribution in [2.24, 2.45) is 5.92 Å². The summed E-state index contributed by atoms with van der Waals surface area (Å²) in [4.78, 5) is 47.9. The van der Waals surface area contributed by atoms with Crippen LogP contribution in [0.1, 0.15) is 49.5 Å². The van der Waals surface area contributed by atoms with Crippen LogP contribution in [0.3, 0.4) is 0 Å². The Morgan fingerprint density at radius 1 is 1.07 bits per heavy atom. The van der Waals surface area contributed by atoms with Gasteiger partial charge in [0, 0.05) is 38.8 Å². The molecule has 40 heavy (non-hydrogen) atoms. The van der Waals surface area contributed by atoms with E-state index in [-0.39, 0.29) is 24.6 Å². The van der Waals surface area contributed by atoms with Crippen LogP contribution in [-0.2, 0) is 20.7 Å². The number of hydrogen-bond donors (Lipinski definition) is 0. The second-order valence-electron chi connectivity index (χ2n) is 9.19. The average molecular weight is 574 g/mol. The number of carbonyl (C=O) groups is 4. The van der Waals surface area contributed by atoms with E-state index >= 15 is 0 Å². The molecular weight excluding hydrogens is 537 g/mol. The number of aldehydes is 1. The van der Waals surface area contributed by atoms with Crippen molar-refractivity contribution < 1.29 is 28.3 Å². The number of amides is 2. The Kier molecular flexibility index (Phi) is 12.8. The monoisotopic (exact) mass is 573 g/mol. The van der Waals surface area contributed by atoms with Crippen molar-refractivity contribution in [3.8, 4) is 0 Å². The molecule has 1 aliphatic heterocycles. The lowest BCUT2D eigenvalue weighted by Gasteiger charge is -2.32. The van der Waals surface area contributed by atoms with Gasteiger partial charge in [-0.1, -0.05) is 37.6 Å². The van der Waals surface area contributed by atoms with E-state index in [1.807, 2.05) is 30.9 Å². The number of aromatic nitrogens is 1. The highest BCUT2D eigenvalue weighted by molar-refractivity contribution is 6.34. The summed E-state index contributed by atoms with van der Waals surface area (Å²) < 4.78 is 19.5. The van der Waals surface area contributed by atoms with Gasteiger partial charge in [0.15, 0.2) is 0 Å². The van der Waals surface area contributed by atoms with Crippen molar-refractivity contribution in [1.29, 1.82) is 0 Å². The number of nitrogens with zero attached hydrogens (tertiary/aromatic N) is 3. The molecule has 0 bridgehead atoms. The van der Waals surface area contributed by atoms with Gasteiger partial charge < -0.3 is 14.5 Å². The van der Waals surface area contributed by atoms with Crippen LogP contribution in [0.5, 0.6) is 0 Å². The Morgan fingerprint density at radius 3 is 2.23 bits per heavy atom. The van der Waals surface area contributed by atoms with Gasteiger partial charge in [0.25, 0.3) is 11.8 Å². The van der Waals surface area contributed by atoms with Crippen molar-refractivity contribution >= 4 is 46.7 Å². The standard InChI is InChI=1S/C24H24ClFN2O3.C4H7NO2.C2H6/c1-2-31-24(30)28-12-9-18-14-20(21(25)15-22(18)28)23(29)27-10-7-17(8-11-27)13-16-3-5-19(26)6-4-16;1-5(2)4(7)3-6;1-2/h3-6,9,12,14-15,17H,2,7-8,10-11,13H2,1H3;3H,1-2H3;1-2H3. The Hall–Kier alpha value is -3.72. The molecule has 4 rings (SSSR count). The zero-order valence-electron chi connectivity index (χ0n) is 23.7. The quantitative estimate of drug-likeness (QED) is 0.283.